The van der Waals surface area contributed by atoms with Crippen molar-refractivity contribution in [1.29, 1.82) is 0 Å². The fourth-order valence-electron chi connectivity index (χ4n) is 3.31. The minimum atomic E-state index is 0.151. The third kappa shape index (κ3) is 6.61. The molecule has 132 valence electrons. The number of carbonyl (C=O) groups excluding carboxylic acids is 1. The van der Waals surface area contributed by atoms with Crippen LogP contribution in [0, 0.1) is 0 Å². The van der Waals surface area contributed by atoms with Crippen molar-refractivity contribution < 1.29 is 4.79 Å². The van der Waals surface area contributed by atoms with Gasteiger partial charge in [0.05, 0.1) is 0 Å². The molecule has 1 unspecified atom stereocenters. The molecule has 1 saturated carbocycles. The molecule has 5 nitrogen and oxygen atoms in total. The van der Waals surface area contributed by atoms with Crippen molar-refractivity contribution in [3.05, 3.63) is 0 Å². The minimum Gasteiger partial charge on any atom is -0.356 e. The van der Waals surface area contributed by atoms with Gasteiger partial charge in [0, 0.05) is 37.3 Å². The van der Waals surface area contributed by atoms with Crippen LogP contribution in [0.4, 0.5) is 0 Å². The molecule has 1 aliphatic heterocycles. The molecule has 1 heterocycles. The number of nitrogens with one attached hydrogen (secondary N) is 3. The molecule has 2 fully saturated rings. The summed E-state index contributed by atoms with van der Waals surface area (Å²) in [5.41, 5.74) is 0. The standard InChI is InChI=1S/C17H32N4OS/c1-17(10-6-12-23-17)13-20-16(18-2)19-11-9-15(22)21-14-7-4-3-5-8-14/h14H,3-13H2,1-2H3,(H,21,22)(H2,18,19,20). The Morgan fingerprint density at radius 1 is 1.22 bits per heavy atom. The Balaban J connectivity index is 1.60. The first-order chi connectivity index (χ1) is 11.1. The van der Waals surface area contributed by atoms with Gasteiger partial charge in [-0.05, 0) is 38.4 Å². The molecule has 0 radical (unpaired) electrons. The van der Waals surface area contributed by atoms with Crippen molar-refractivity contribution in [3.8, 4) is 0 Å². The molecule has 2 aliphatic rings. The van der Waals surface area contributed by atoms with Crippen LogP contribution in [0.25, 0.3) is 0 Å². The van der Waals surface area contributed by atoms with Crippen LogP contribution in [0.5, 0.6) is 0 Å². The highest BCUT2D eigenvalue weighted by Gasteiger charge is 2.29. The molecule has 6 heteroatoms. The van der Waals surface area contributed by atoms with Crippen molar-refractivity contribution in [2.75, 3.05) is 25.9 Å². The number of rotatable bonds is 6. The maximum atomic E-state index is 12.0. The van der Waals surface area contributed by atoms with Crippen LogP contribution < -0.4 is 16.0 Å². The Labute approximate surface area is 144 Å². The number of amides is 1. The van der Waals surface area contributed by atoms with Crippen molar-refractivity contribution in [1.82, 2.24) is 16.0 Å². The highest BCUT2D eigenvalue weighted by molar-refractivity contribution is 8.00. The van der Waals surface area contributed by atoms with Crippen LogP contribution >= 0.6 is 11.8 Å². The fourth-order valence-corrected chi connectivity index (χ4v) is 4.55. The van der Waals surface area contributed by atoms with Gasteiger partial charge in [0.2, 0.25) is 5.91 Å². The maximum Gasteiger partial charge on any atom is 0.221 e. The number of guanidine groups is 1. The second-order valence-corrected chi connectivity index (χ2v) is 8.59. The second-order valence-electron chi connectivity index (χ2n) is 6.91. The highest BCUT2D eigenvalue weighted by Crippen LogP contribution is 2.36. The quantitative estimate of drug-likeness (QED) is 0.513. The smallest absolute Gasteiger partial charge is 0.221 e. The lowest BCUT2D eigenvalue weighted by Gasteiger charge is -2.24. The average molecular weight is 341 g/mol. The lowest BCUT2D eigenvalue weighted by Crippen LogP contribution is -2.45. The second kappa shape index (κ2) is 9.40. The van der Waals surface area contributed by atoms with E-state index in [1.807, 2.05) is 11.8 Å². The van der Waals surface area contributed by atoms with Crippen molar-refractivity contribution >= 4 is 23.6 Å². The van der Waals surface area contributed by atoms with Gasteiger partial charge >= 0.3 is 0 Å². The Bertz CT molecular complexity index is 401. The number of hydrogen-bond acceptors (Lipinski definition) is 3. The van der Waals surface area contributed by atoms with E-state index in [4.69, 9.17) is 0 Å². The van der Waals surface area contributed by atoms with Gasteiger partial charge in [-0.25, -0.2) is 0 Å². The van der Waals surface area contributed by atoms with E-state index in [1.165, 1.54) is 37.9 Å². The Morgan fingerprint density at radius 2 is 2.00 bits per heavy atom. The van der Waals surface area contributed by atoms with Gasteiger partial charge in [-0.1, -0.05) is 19.3 Å². The highest BCUT2D eigenvalue weighted by atomic mass is 32.2. The van der Waals surface area contributed by atoms with E-state index in [9.17, 15) is 4.79 Å². The largest absolute Gasteiger partial charge is 0.356 e. The van der Waals surface area contributed by atoms with Gasteiger partial charge < -0.3 is 16.0 Å². The number of thioether (sulfide) groups is 1. The van der Waals surface area contributed by atoms with Crippen LogP contribution in [0.15, 0.2) is 4.99 Å². The molecule has 0 aromatic carbocycles. The molecule has 1 amide bonds. The summed E-state index contributed by atoms with van der Waals surface area (Å²) in [6.45, 7) is 3.86. The van der Waals surface area contributed by atoms with Crippen LogP contribution in [-0.4, -0.2) is 48.5 Å². The van der Waals surface area contributed by atoms with Gasteiger partial charge in [-0.2, -0.15) is 11.8 Å². The van der Waals surface area contributed by atoms with E-state index < -0.39 is 0 Å². The predicted molar refractivity (Wildman–Crippen MR) is 99.1 cm³/mol. The van der Waals surface area contributed by atoms with E-state index in [1.54, 1.807) is 7.05 Å². The molecule has 0 bridgehead atoms. The molecule has 0 aromatic rings. The molecule has 3 N–H and O–H groups in total. The molecule has 1 atom stereocenters. The molecular weight excluding hydrogens is 308 g/mol. The monoisotopic (exact) mass is 340 g/mol. The van der Waals surface area contributed by atoms with Gasteiger partial charge in [-0.3, -0.25) is 9.79 Å². The Morgan fingerprint density at radius 3 is 2.65 bits per heavy atom. The number of nitrogens with zero attached hydrogens (tertiary/aromatic N) is 1. The minimum absolute atomic E-state index is 0.151. The third-order valence-corrected chi connectivity index (χ3v) is 6.31. The van der Waals surface area contributed by atoms with E-state index in [2.05, 4.69) is 27.9 Å². The molecule has 0 spiro atoms. The number of hydrogen-bond donors (Lipinski definition) is 3. The first-order valence-corrected chi connectivity index (χ1v) is 9.98. The Kier molecular flexibility index (Phi) is 7.53. The summed E-state index contributed by atoms with van der Waals surface area (Å²) in [5, 5.41) is 9.79. The summed E-state index contributed by atoms with van der Waals surface area (Å²) >= 11 is 2.04. The predicted octanol–water partition coefficient (Wildman–Crippen LogP) is 2.28. The zero-order valence-electron chi connectivity index (χ0n) is 14.6. The first-order valence-electron chi connectivity index (χ1n) is 8.99. The van der Waals surface area contributed by atoms with Gasteiger partial charge in [-0.15, -0.1) is 0 Å². The molecule has 23 heavy (non-hydrogen) atoms. The molecule has 1 saturated heterocycles. The van der Waals surface area contributed by atoms with E-state index >= 15 is 0 Å². The zero-order chi connectivity index (χ0) is 16.5. The molecular formula is C17H32N4OS. The SMILES string of the molecule is CN=C(NCCC(=O)NC1CCCCC1)NCC1(C)CCCS1. The molecule has 0 aromatic heterocycles. The third-order valence-electron chi connectivity index (χ3n) is 4.77. The number of aliphatic imine (C=N–C) groups is 1. The van der Waals surface area contributed by atoms with Crippen molar-refractivity contribution in [2.24, 2.45) is 4.99 Å². The Hall–Kier alpha value is -0.910. The van der Waals surface area contributed by atoms with E-state index in [0.717, 1.165) is 25.3 Å². The summed E-state index contributed by atoms with van der Waals surface area (Å²) in [4.78, 5) is 16.2. The normalized spacial score (nSPS) is 26.1. The number of carbonyl (C=O) groups is 1. The lowest BCUT2D eigenvalue weighted by molar-refractivity contribution is -0.121. The summed E-state index contributed by atoms with van der Waals surface area (Å²) < 4.78 is 0.315. The first kappa shape index (κ1) is 18.4. The summed E-state index contributed by atoms with van der Waals surface area (Å²) in [5.74, 6) is 2.20. The van der Waals surface area contributed by atoms with Crippen LogP contribution in [0.3, 0.4) is 0 Å². The fraction of sp³-hybridized carbons (Fsp3) is 0.882. The maximum absolute atomic E-state index is 12.0. The van der Waals surface area contributed by atoms with Crippen LogP contribution in [0.2, 0.25) is 0 Å². The van der Waals surface area contributed by atoms with E-state index in [0.29, 0.717) is 23.8 Å². The lowest BCUT2D eigenvalue weighted by atomic mass is 9.95. The van der Waals surface area contributed by atoms with Crippen molar-refractivity contribution in [3.63, 3.8) is 0 Å². The topological polar surface area (TPSA) is 65.5 Å². The van der Waals surface area contributed by atoms with Crippen LogP contribution in [0.1, 0.15) is 58.3 Å². The average Bonchev–Trinajstić information content (AvgIpc) is 2.98. The van der Waals surface area contributed by atoms with Gasteiger partial charge in [0.25, 0.3) is 0 Å². The van der Waals surface area contributed by atoms with Crippen LogP contribution in [-0.2, 0) is 4.79 Å². The zero-order valence-corrected chi connectivity index (χ0v) is 15.4. The van der Waals surface area contributed by atoms with Gasteiger partial charge in [0.1, 0.15) is 0 Å². The van der Waals surface area contributed by atoms with Gasteiger partial charge in [0.15, 0.2) is 5.96 Å². The molecule has 2 rings (SSSR count). The summed E-state index contributed by atoms with van der Waals surface area (Å²) in [6, 6.07) is 0.396. The summed E-state index contributed by atoms with van der Waals surface area (Å²) in [7, 11) is 1.78. The summed E-state index contributed by atoms with van der Waals surface area (Å²) in [6.07, 6.45) is 9.14. The van der Waals surface area contributed by atoms with E-state index in [-0.39, 0.29) is 5.91 Å². The molecule has 1 aliphatic carbocycles. The van der Waals surface area contributed by atoms with Crippen molar-refractivity contribution in [2.45, 2.75) is 69.1 Å².